The number of hydrogen-bond acceptors (Lipinski definition) is 5. The Labute approximate surface area is 168 Å². The van der Waals surface area contributed by atoms with Crippen LogP contribution in [0.5, 0.6) is 11.5 Å². The number of methoxy groups -OCH3 is 2. The first-order chi connectivity index (χ1) is 13.1. The molecule has 8 heteroatoms. The third-order valence-electron chi connectivity index (χ3n) is 3.51. The molecule has 0 saturated carbocycles. The highest BCUT2D eigenvalue weighted by Crippen LogP contribution is 2.36. The van der Waals surface area contributed by atoms with E-state index in [1.54, 1.807) is 57.2 Å². The van der Waals surface area contributed by atoms with Gasteiger partial charge in [0, 0.05) is 17.3 Å². The van der Waals surface area contributed by atoms with Gasteiger partial charge in [-0.1, -0.05) is 11.6 Å². The molecule has 0 spiro atoms. The van der Waals surface area contributed by atoms with Crippen LogP contribution in [0.2, 0.25) is 5.02 Å². The van der Waals surface area contributed by atoms with Crippen molar-refractivity contribution in [2.45, 2.75) is 26.4 Å². The van der Waals surface area contributed by atoms with Crippen LogP contribution in [0.4, 0.5) is 16.2 Å². The summed E-state index contributed by atoms with van der Waals surface area (Å²) in [6.07, 6.45) is -0.567. The van der Waals surface area contributed by atoms with Gasteiger partial charge >= 0.3 is 6.09 Å². The fraction of sp³-hybridized carbons (Fsp3) is 0.300. The molecule has 0 saturated heterocycles. The van der Waals surface area contributed by atoms with Gasteiger partial charge in [0.05, 0.1) is 24.9 Å². The minimum atomic E-state index is -0.595. The van der Waals surface area contributed by atoms with Crippen molar-refractivity contribution in [2.24, 2.45) is 0 Å². The summed E-state index contributed by atoms with van der Waals surface area (Å²) < 4.78 is 15.6. The number of carbonyl (C=O) groups excluding carboxylic acids is 2. The van der Waals surface area contributed by atoms with Crippen LogP contribution in [-0.2, 0) is 4.74 Å². The smallest absolute Gasteiger partial charge is 0.412 e. The van der Waals surface area contributed by atoms with Crippen molar-refractivity contribution in [3.63, 3.8) is 0 Å². The molecule has 2 rings (SSSR count). The Kier molecular flexibility index (Phi) is 6.75. The maximum atomic E-state index is 12.5. The first-order valence-electron chi connectivity index (χ1n) is 8.46. The molecule has 0 fully saturated rings. The lowest BCUT2D eigenvalue weighted by Crippen LogP contribution is -2.27. The molecule has 2 amide bonds. The SMILES string of the molecule is COc1cc(OC)c(NC(=O)c2ccc(NC(=O)OC(C)(C)C)cc2)cc1Cl. The number of amides is 2. The van der Waals surface area contributed by atoms with E-state index in [0.717, 1.165) is 0 Å². The van der Waals surface area contributed by atoms with Crippen LogP contribution in [0, 0.1) is 0 Å². The molecule has 28 heavy (non-hydrogen) atoms. The molecular weight excluding hydrogens is 384 g/mol. The molecule has 7 nitrogen and oxygen atoms in total. The van der Waals surface area contributed by atoms with Crippen molar-refractivity contribution >= 4 is 35.0 Å². The maximum absolute atomic E-state index is 12.5. The van der Waals surface area contributed by atoms with Gasteiger partial charge < -0.3 is 19.5 Å². The van der Waals surface area contributed by atoms with Crippen molar-refractivity contribution in [1.29, 1.82) is 0 Å². The molecule has 0 heterocycles. The van der Waals surface area contributed by atoms with E-state index < -0.39 is 11.7 Å². The number of nitrogens with one attached hydrogen (secondary N) is 2. The van der Waals surface area contributed by atoms with Gasteiger partial charge in [0.25, 0.3) is 5.91 Å². The zero-order chi connectivity index (χ0) is 20.9. The van der Waals surface area contributed by atoms with E-state index in [0.29, 0.717) is 33.5 Å². The molecule has 2 aromatic carbocycles. The number of benzene rings is 2. The largest absolute Gasteiger partial charge is 0.495 e. The van der Waals surface area contributed by atoms with Crippen LogP contribution in [-0.4, -0.2) is 31.8 Å². The van der Waals surface area contributed by atoms with Crippen molar-refractivity contribution < 1.29 is 23.8 Å². The minimum Gasteiger partial charge on any atom is -0.495 e. The Morgan fingerprint density at radius 1 is 0.929 bits per heavy atom. The number of carbonyl (C=O) groups is 2. The van der Waals surface area contributed by atoms with Gasteiger partial charge in [0.15, 0.2) is 0 Å². The Bertz CT molecular complexity index is 860. The number of halogens is 1. The van der Waals surface area contributed by atoms with Crippen LogP contribution < -0.4 is 20.1 Å². The number of ether oxygens (including phenoxy) is 3. The normalized spacial score (nSPS) is 10.8. The number of anilines is 2. The van der Waals surface area contributed by atoms with Crippen molar-refractivity contribution in [3.05, 3.63) is 47.0 Å². The molecular formula is C20H23ClN2O5. The summed E-state index contributed by atoms with van der Waals surface area (Å²) in [6.45, 7) is 5.33. The summed E-state index contributed by atoms with van der Waals surface area (Å²) in [6, 6.07) is 9.52. The van der Waals surface area contributed by atoms with Gasteiger partial charge in [-0.2, -0.15) is 0 Å². The molecule has 0 radical (unpaired) electrons. The van der Waals surface area contributed by atoms with E-state index in [4.69, 9.17) is 25.8 Å². The van der Waals surface area contributed by atoms with Crippen LogP contribution in [0.25, 0.3) is 0 Å². The van der Waals surface area contributed by atoms with Crippen LogP contribution >= 0.6 is 11.6 Å². The van der Waals surface area contributed by atoms with Crippen molar-refractivity contribution in [3.8, 4) is 11.5 Å². The van der Waals surface area contributed by atoms with Gasteiger partial charge in [-0.25, -0.2) is 4.79 Å². The summed E-state index contributed by atoms with van der Waals surface area (Å²) >= 11 is 6.12. The quantitative estimate of drug-likeness (QED) is 0.733. The molecule has 2 N–H and O–H groups in total. The topological polar surface area (TPSA) is 85.9 Å². The zero-order valence-corrected chi connectivity index (χ0v) is 17.1. The summed E-state index contributed by atoms with van der Waals surface area (Å²) in [5, 5.41) is 5.70. The molecule has 0 aliphatic rings. The molecule has 2 aromatic rings. The highest BCUT2D eigenvalue weighted by atomic mass is 35.5. The Balaban J connectivity index is 2.09. The third kappa shape index (κ3) is 5.79. The van der Waals surface area contributed by atoms with Crippen molar-refractivity contribution in [2.75, 3.05) is 24.9 Å². The second-order valence-corrected chi connectivity index (χ2v) is 7.25. The van der Waals surface area contributed by atoms with E-state index in [2.05, 4.69) is 10.6 Å². The molecule has 0 aliphatic carbocycles. The number of rotatable bonds is 5. The highest BCUT2D eigenvalue weighted by Gasteiger charge is 2.17. The molecule has 0 unspecified atom stereocenters. The molecule has 0 atom stereocenters. The standard InChI is InChI=1S/C20H23ClN2O5/c1-20(2,3)28-19(25)22-13-8-6-12(7-9-13)18(24)23-15-10-14(21)16(26-4)11-17(15)27-5/h6-11H,1-5H3,(H,22,25)(H,23,24). The minimum absolute atomic E-state index is 0.343. The highest BCUT2D eigenvalue weighted by molar-refractivity contribution is 6.32. The van der Waals surface area contributed by atoms with E-state index in [9.17, 15) is 9.59 Å². The fourth-order valence-electron chi connectivity index (χ4n) is 2.28. The van der Waals surface area contributed by atoms with E-state index in [-0.39, 0.29) is 5.91 Å². The summed E-state index contributed by atoms with van der Waals surface area (Å²) in [5.41, 5.74) is 0.719. The van der Waals surface area contributed by atoms with Crippen molar-refractivity contribution in [1.82, 2.24) is 0 Å². The molecule has 0 aromatic heterocycles. The molecule has 150 valence electrons. The summed E-state index contributed by atoms with van der Waals surface area (Å²) in [4.78, 5) is 24.3. The van der Waals surface area contributed by atoms with Crippen LogP contribution in [0.15, 0.2) is 36.4 Å². The first-order valence-corrected chi connectivity index (χ1v) is 8.83. The van der Waals surface area contributed by atoms with Gasteiger partial charge in [-0.15, -0.1) is 0 Å². The zero-order valence-electron chi connectivity index (χ0n) is 16.4. The number of hydrogen-bond donors (Lipinski definition) is 2. The predicted molar refractivity (Wildman–Crippen MR) is 109 cm³/mol. The Hall–Kier alpha value is -2.93. The average Bonchev–Trinajstić information content (AvgIpc) is 2.61. The van der Waals surface area contributed by atoms with E-state index >= 15 is 0 Å². The fourth-order valence-corrected chi connectivity index (χ4v) is 2.52. The van der Waals surface area contributed by atoms with E-state index in [1.807, 2.05) is 0 Å². The Morgan fingerprint density at radius 2 is 1.54 bits per heavy atom. The lowest BCUT2D eigenvalue weighted by atomic mass is 10.2. The van der Waals surface area contributed by atoms with Gasteiger partial charge in [-0.3, -0.25) is 10.1 Å². The maximum Gasteiger partial charge on any atom is 0.412 e. The van der Waals surface area contributed by atoms with Gasteiger partial charge in [0.1, 0.15) is 17.1 Å². The summed E-state index contributed by atoms with van der Waals surface area (Å²) in [7, 11) is 2.97. The van der Waals surface area contributed by atoms with E-state index in [1.165, 1.54) is 14.2 Å². The second kappa shape index (κ2) is 8.84. The van der Waals surface area contributed by atoms with Crippen LogP contribution in [0.1, 0.15) is 31.1 Å². The average molecular weight is 407 g/mol. The molecule has 0 aliphatic heterocycles. The lowest BCUT2D eigenvalue weighted by Gasteiger charge is -2.19. The lowest BCUT2D eigenvalue weighted by molar-refractivity contribution is 0.0636. The predicted octanol–water partition coefficient (Wildman–Crippen LogP) is 4.96. The summed E-state index contributed by atoms with van der Waals surface area (Å²) in [5.74, 6) is 0.496. The third-order valence-corrected chi connectivity index (χ3v) is 3.81. The second-order valence-electron chi connectivity index (χ2n) is 6.85. The monoisotopic (exact) mass is 406 g/mol. The van der Waals surface area contributed by atoms with Gasteiger partial charge in [-0.05, 0) is 51.1 Å². The van der Waals surface area contributed by atoms with Gasteiger partial charge in [0.2, 0.25) is 0 Å². The van der Waals surface area contributed by atoms with Crippen LogP contribution in [0.3, 0.4) is 0 Å². The first kappa shape index (κ1) is 21.4. The Morgan fingerprint density at radius 3 is 2.07 bits per heavy atom. The molecule has 0 bridgehead atoms.